The SMILES string of the molecule is C=C(C)C(=O)OCC.CCN(CC)Cc1cccc2ccccc12. The minimum Gasteiger partial charge on any atom is -0.463 e. The fourth-order valence-electron chi connectivity index (χ4n) is 2.37. The Kier molecular flexibility index (Phi) is 8.80. The van der Waals surface area contributed by atoms with Crippen LogP contribution in [0.1, 0.15) is 33.3 Å². The van der Waals surface area contributed by atoms with E-state index in [1.165, 1.54) is 16.3 Å². The van der Waals surface area contributed by atoms with Crippen molar-refractivity contribution in [1.29, 1.82) is 0 Å². The molecule has 0 aliphatic rings. The number of benzene rings is 2. The molecule has 0 unspecified atom stereocenters. The molecule has 2 rings (SSSR count). The van der Waals surface area contributed by atoms with Gasteiger partial charge in [-0.1, -0.05) is 62.9 Å². The van der Waals surface area contributed by atoms with E-state index in [4.69, 9.17) is 0 Å². The highest BCUT2D eigenvalue weighted by atomic mass is 16.5. The van der Waals surface area contributed by atoms with Crippen LogP contribution in [-0.2, 0) is 16.1 Å². The third-order valence-electron chi connectivity index (χ3n) is 3.79. The van der Waals surface area contributed by atoms with Crippen LogP contribution in [0.25, 0.3) is 10.8 Å². The molecule has 24 heavy (non-hydrogen) atoms. The van der Waals surface area contributed by atoms with Gasteiger partial charge in [-0.05, 0) is 43.3 Å². The third kappa shape index (κ3) is 6.17. The largest absolute Gasteiger partial charge is 0.463 e. The van der Waals surface area contributed by atoms with Gasteiger partial charge in [0.15, 0.2) is 0 Å². The van der Waals surface area contributed by atoms with Crippen molar-refractivity contribution < 1.29 is 9.53 Å². The van der Waals surface area contributed by atoms with Gasteiger partial charge < -0.3 is 4.74 Å². The highest BCUT2D eigenvalue weighted by Crippen LogP contribution is 2.19. The van der Waals surface area contributed by atoms with E-state index in [0.29, 0.717) is 12.2 Å². The fourth-order valence-corrected chi connectivity index (χ4v) is 2.37. The molecule has 0 N–H and O–H groups in total. The fraction of sp³-hybridized carbons (Fsp3) is 0.381. The summed E-state index contributed by atoms with van der Waals surface area (Å²) < 4.78 is 4.56. The maximum Gasteiger partial charge on any atom is 0.333 e. The summed E-state index contributed by atoms with van der Waals surface area (Å²) in [6.45, 7) is 14.9. The van der Waals surface area contributed by atoms with Gasteiger partial charge in [-0.2, -0.15) is 0 Å². The molecular formula is C21H29NO2. The van der Waals surface area contributed by atoms with Crippen LogP contribution in [0.3, 0.4) is 0 Å². The lowest BCUT2D eigenvalue weighted by Gasteiger charge is -2.19. The number of rotatable bonds is 6. The molecule has 0 spiro atoms. The molecule has 3 nitrogen and oxygen atoms in total. The van der Waals surface area contributed by atoms with Crippen LogP contribution in [0.5, 0.6) is 0 Å². The van der Waals surface area contributed by atoms with Gasteiger partial charge in [0.25, 0.3) is 0 Å². The lowest BCUT2D eigenvalue weighted by Crippen LogP contribution is -2.22. The lowest BCUT2D eigenvalue weighted by atomic mass is 10.0. The average Bonchev–Trinajstić information content (AvgIpc) is 2.60. The Labute approximate surface area is 145 Å². The number of hydrogen-bond acceptors (Lipinski definition) is 3. The van der Waals surface area contributed by atoms with Crippen molar-refractivity contribution in [3.8, 4) is 0 Å². The second-order valence-electron chi connectivity index (χ2n) is 5.60. The van der Waals surface area contributed by atoms with Crippen LogP contribution in [0.15, 0.2) is 54.6 Å². The first-order valence-electron chi connectivity index (χ1n) is 8.55. The molecule has 0 aromatic heterocycles. The molecule has 130 valence electrons. The van der Waals surface area contributed by atoms with E-state index in [1.54, 1.807) is 13.8 Å². The van der Waals surface area contributed by atoms with Crippen LogP contribution in [0, 0.1) is 0 Å². The predicted molar refractivity (Wildman–Crippen MR) is 102 cm³/mol. The Morgan fingerprint density at radius 3 is 2.21 bits per heavy atom. The second kappa shape index (κ2) is 10.6. The Morgan fingerprint density at radius 2 is 1.67 bits per heavy atom. The third-order valence-corrected chi connectivity index (χ3v) is 3.79. The summed E-state index contributed by atoms with van der Waals surface area (Å²) >= 11 is 0. The first-order valence-corrected chi connectivity index (χ1v) is 8.55. The van der Waals surface area contributed by atoms with E-state index >= 15 is 0 Å². The molecular weight excluding hydrogens is 298 g/mol. The molecule has 0 saturated heterocycles. The van der Waals surface area contributed by atoms with Gasteiger partial charge >= 0.3 is 5.97 Å². The number of fused-ring (bicyclic) bond motifs is 1. The minimum absolute atomic E-state index is 0.312. The summed E-state index contributed by atoms with van der Waals surface area (Å²) in [5.41, 5.74) is 1.88. The zero-order valence-corrected chi connectivity index (χ0v) is 15.3. The summed E-state index contributed by atoms with van der Waals surface area (Å²) in [6, 6.07) is 15.2. The monoisotopic (exact) mass is 327 g/mol. The van der Waals surface area contributed by atoms with E-state index in [-0.39, 0.29) is 5.97 Å². The smallest absolute Gasteiger partial charge is 0.333 e. The van der Waals surface area contributed by atoms with Gasteiger partial charge in [0.1, 0.15) is 0 Å². The number of hydrogen-bond donors (Lipinski definition) is 0. The Bertz CT molecular complexity index is 654. The summed E-state index contributed by atoms with van der Waals surface area (Å²) in [4.78, 5) is 12.9. The van der Waals surface area contributed by atoms with Gasteiger partial charge in [-0.3, -0.25) is 4.90 Å². The number of carbonyl (C=O) groups excluding carboxylic acids is 1. The van der Waals surface area contributed by atoms with Gasteiger partial charge in [0.2, 0.25) is 0 Å². The molecule has 0 heterocycles. The van der Waals surface area contributed by atoms with E-state index in [1.807, 2.05) is 0 Å². The van der Waals surface area contributed by atoms with Crippen molar-refractivity contribution in [3.63, 3.8) is 0 Å². The Balaban J connectivity index is 0.000000307. The first-order chi connectivity index (χ1) is 11.5. The molecule has 0 amide bonds. The van der Waals surface area contributed by atoms with E-state index in [2.05, 4.69) is 72.5 Å². The van der Waals surface area contributed by atoms with Gasteiger partial charge in [0, 0.05) is 12.1 Å². The predicted octanol–water partition coefficient (Wildman–Crippen LogP) is 4.81. The molecule has 2 aromatic carbocycles. The van der Waals surface area contributed by atoms with Crippen LogP contribution >= 0.6 is 0 Å². The molecule has 2 aromatic rings. The number of ether oxygens (including phenoxy) is 1. The summed E-state index contributed by atoms with van der Waals surface area (Å²) in [5, 5.41) is 2.73. The van der Waals surface area contributed by atoms with Crippen molar-refractivity contribution in [2.24, 2.45) is 0 Å². The standard InChI is InChI=1S/C15H19N.C6H10O2/c1-3-16(4-2)12-14-10-7-9-13-8-5-6-11-15(13)14;1-4-8-6(7)5(2)3/h5-11H,3-4,12H2,1-2H3;2,4H2,1,3H3. The van der Waals surface area contributed by atoms with Gasteiger partial charge in [0.05, 0.1) is 6.61 Å². The number of carbonyl (C=O) groups is 1. The number of nitrogens with zero attached hydrogens (tertiary/aromatic N) is 1. The second-order valence-corrected chi connectivity index (χ2v) is 5.60. The van der Waals surface area contributed by atoms with Crippen LogP contribution in [-0.4, -0.2) is 30.6 Å². The van der Waals surface area contributed by atoms with Crippen molar-refractivity contribution in [2.45, 2.75) is 34.2 Å². The quantitative estimate of drug-likeness (QED) is 0.563. The van der Waals surface area contributed by atoms with Gasteiger partial charge in [-0.25, -0.2) is 4.79 Å². The van der Waals surface area contributed by atoms with Crippen molar-refractivity contribution in [2.75, 3.05) is 19.7 Å². The normalized spacial score (nSPS) is 10.2. The maximum atomic E-state index is 10.4. The maximum absolute atomic E-state index is 10.4. The van der Waals surface area contributed by atoms with Crippen LogP contribution in [0.4, 0.5) is 0 Å². The van der Waals surface area contributed by atoms with Crippen molar-refractivity contribution in [3.05, 3.63) is 60.2 Å². The highest BCUT2D eigenvalue weighted by molar-refractivity contribution is 5.87. The first kappa shape index (κ1) is 19.9. The Hall–Kier alpha value is -2.13. The van der Waals surface area contributed by atoms with Crippen LogP contribution < -0.4 is 0 Å². The summed E-state index contributed by atoms with van der Waals surface area (Å²) in [5.74, 6) is -0.312. The Morgan fingerprint density at radius 1 is 1.04 bits per heavy atom. The minimum atomic E-state index is -0.312. The molecule has 0 fully saturated rings. The summed E-state index contributed by atoms with van der Waals surface area (Å²) in [7, 11) is 0. The molecule has 0 atom stereocenters. The topological polar surface area (TPSA) is 29.5 Å². The van der Waals surface area contributed by atoms with Crippen molar-refractivity contribution >= 4 is 16.7 Å². The molecule has 0 aliphatic heterocycles. The molecule has 0 bridgehead atoms. The zero-order chi connectivity index (χ0) is 17.9. The van der Waals surface area contributed by atoms with E-state index in [9.17, 15) is 4.79 Å². The van der Waals surface area contributed by atoms with Crippen molar-refractivity contribution in [1.82, 2.24) is 4.90 Å². The lowest BCUT2D eigenvalue weighted by molar-refractivity contribution is -0.138. The average molecular weight is 327 g/mol. The van der Waals surface area contributed by atoms with E-state index < -0.39 is 0 Å². The van der Waals surface area contributed by atoms with Crippen LogP contribution in [0.2, 0.25) is 0 Å². The highest BCUT2D eigenvalue weighted by Gasteiger charge is 2.04. The number of esters is 1. The molecule has 0 saturated carbocycles. The summed E-state index contributed by atoms with van der Waals surface area (Å²) in [6.07, 6.45) is 0. The molecule has 0 radical (unpaired) electrons. The zero-order valence-electron chi connectivity index (χ0n) is 15.3. The molecule has 3 heteroatoms. The molecule has 0 aliphatic carbocycles. The van der Waals surface area contributed by atoms with E-state index in [0.717, 1.165) is 19.6 Å². The van der Waals surface area contributed by atoms with Gasteiger partial charge in [-0.15, -0.1) is 0 Å².